The van der Waals surface area contributed by atoms with Gasteiger partial charge in [0, 0.05) is 23.0 Å². The first-order chi connectivity index (χ1) is 14.9. The van der Waals surface area contributed by atoms with E-state index in [-0.39, 0.29) is 12.0 Å². The molecule has 2 amide bonds. The molecule has 1 unspecified atom stereocenters. The van der Waals surface area contributed by atoms with Crippen molar-refractivity contribution in [3.63, 3.8) is 0 Å². The van der Waals surface area contributed by atoms with Gasteiger partial charge in [-0.3, -0.25) is 14.6 Å². The number of hydrogen-bond donors (Lipinski definition) is 2. The Morgan fingerprint density at radius 3 is 2.56 bits per heavy atom. The molecule has 2 atom stereocenters. The lowest BCUT2D eigenvalue weighted by molar-refractivity contribution is -0.150. The van der Waals surface area contributed by atoms with E-state index in [0.717, 1.165) is 0 Å². The van der Waals surface area contributed by atoms with E-state index in [1.165, 1.54) is 24.3 Å². The van der Waals surface area contributed by atoms with Crippen molar-refractivity contribution in [1.82, 2.24) is 15.8 Å². The first-order valence-corrected chi connectivity index (χ1v) is 10.9. The van der Waals surface area contributed by atoms with Crippen LogP contribution in [0.1, 0.15) is 51.2 Å². The van der Waals surface area contributed by atoms with Gasteiger partial charge in [-0.05, 0) is 57.4 Å². The average molecular weight is 520 g/mol. The highest BCUT2D eigenvalue weighted by Crippen LogP contribution is 2.25. The van der Waals surface area contributed by atoms with Crippen molar-refractivity contribution >= 4 is 33.9 Å². The molecule has 1 aliphatic rings. The van der Waals surface area contributed by atoms with E-state index in [1.807, 2.05) is 0 Å². The molecule has 0 bridgehead atoms. The number of carbonyl (C=O) groups is 3. The molecule has 0 aromatic heterocycles. The third kappa shape index (κ3) is 7.70. The van der Waals surface area contributed by atoms with E-state index in [1.54, 1.807) is 26.8 Å². The van der Waals surface area contributed by atoms with E-state index in [4.69, 9.17) is 9.47 Å². The molecule has 2 N–H and O–H groups in total. The fourth-order valence-corrected chi connectivity index (χ4v) is 3.81. The van der Waals surface area contributed by atoms with Crippen LogP contribution in [0.2, 0.25) is 0 Å². The number of nitrogens with one attached hydrogen (secondary N) is 2. The fraction of sp³-hybridized carbons (Fsp3) is 0.571. The van der Waals surface area contributed by atoms with Crippen LogP contribution in [0.3, 0.4) is 0 Å². The second kappa shape index (κ2) is 11.0. The lowest BCUT2D eigenvalue weighted by Gasteiger charge is -2.35. The second-order valence-corrected chi connectivity index (χ2v) is 9.35. The van der Waals surface area contributed by atoms with Gasteiger partial charge in [0.05, 0.1) is 7.11 Å². The number of hydrazine groups is 1. The second-order valence-electron chi connectivity index (χ2n) is 8.43. The summed E-state index contributed by atoms with van der Waals surface area (Å²) < 4.78 is 36.9. The number of hydrogen-bond acceptors (Lipinski definition) is 6. The summed E-state index contributed by atoms with van der Waals surface area (Å²) in [4.78, 5) is 37.5. The molecule has 1 saturated heterocycles. The number of amides is 2. The zero-order valence-electron chi connectivity index (χ0n) is 18.4. The fourth-order valence-electron chi connectivity index (χ4n) is 3.25. The molecular weight excluding hydrogens is 492 g/mol. The number of ether oxygens (including phenoxy) is 2. The predicted octanol–water partition coefficient (Wildman–Crippen LogP) is 3.49. The monoisotopic (exact) mass is 519 g/mol. The van der Waals surface area contributed by atoms with Crippen molar-refractivity contribution in [2.24, 2.45) is 0 Å². The Morgan fingerprint density at radius 2 is 1.97 bits per heavy atom. The van der Waals surface area contributed by atoms with Gasteiger partial charge in [0.1, 0.15) is 17.7 Å². The van der Waals surface area contributed by atoms with Gasteiger partial charge in [0.25, 0.3) is 12.3 Å². The van der Waals surface area contributed by atoms with Crippen molar-refractivity contribution in [3.8, 4) is 0 Å². The number of esters is 1. The maximum Gasteiger partial charge on any atom is 0.408 e. The molecule has 0 radical (unpaired) electrons. The number of alkyl carbamates (subject to hydrolysis) is 1. The van der Waals surface area contributed by atoms with Gasteiger partial charge in [0.15, 0.2) is 0 Å². The van der Waals surface area contributed by atoms with Crippen LogP contribution in [0.5, 0.6) is 0 Å². The van der Waals surface area contributed by atoms with Crippen LogP contribution >= 0.6 is 15.9 Å². The summed E-state index contributed by atoms with van der Waals surface area (Å²) in [5, 5.41) is 3.78. The molecule has 178 valence electrons. The molecule has 2 rings (SSSR count). The van der Waals surface area contributed by atoms with Crippen molar-refractivity contribution in [2.45, 2.75) is 64.1 Å². The molecular formula is C21H28BrF2N3O5. The minimum absolute atomic E-state index is 0.0572. The molecule has 8 nitrogen and oxygen atoms in total. The summed E-state index contributed by atoms with van der Waals surface area (Å²) in [6.07, 6.45) is -2.53. The van der Waals surface area contributed by atoms with Crippen LogP contribution in [0.25, 0.3) is 0 Å². The van der Waals surface area contributed by atoms with Gasteiger partial charge >= 0.3 is 12.1 Å². The number of alkyl halides is 2. The first kappa shape index (κ1) is 26.0. The Kier molecular flexibility index (Phi) is 8.97. The third-order valence-electron chi connectivity index (χ3n) is 4.60. The smallest absolute Gasteiger partial charge is 0.408 e. The summed E-state index contributed by atoms with van der Waals surface area (Å²) in [7, 11) is 1.26. The summed E-state index contributed by atoms with van der Waals surface area (Å²) in [6, 6.07) is 2.36. The van der Waals surface area contributed by atoms with Crippen LogP contribution in [0.15, 0.2) is 22.7 Å². The Labute approximate surface area is 194 Å². The maximum absolute atomic E-state index is 13.2. The van der Waals surface area contributed by atoms with Crippen LogP contribution < -0.4 is 10.7 Å². The third-order valence-corrected chi connectivity index (χ3v) is 5.06. The highest BCUT2D eigenvalue weighted by Gasteiger charge is 2.34. The zero-order valence-corrected chi connectivity index (χ0v) is 20.0. The SMILES string of the molecule is COC(=O)[C@@H]1CCCN(C(=O)C(Cc2cc(Br)cc(C(F)F)c2)NC(=O)OC(C)(C)C)N1. The minimum Gasteiger partial charge on any atom is -0.468 e. The Bertz CT molecular complexity index is 847. The van der Waals surface area contributed by atoms with Crippen molar-refractivity contribution in [3.05, 3.63) is 33.8 Å². The minimum atomic E-state index is -2.69. The zero-order chi connectivity index (χ0) is 24.1. The van der Waals surface area contributed by atoms with Gasteiger partial charge in [-0.2, -0.15) is 0 Å². The van der Waals surface area contributed by atoms with Gasteiger partial charge in [-0.25, -0.2) is 19.0 Å². The lowest BCUT2D eigenvalue weighted by Crippen LogP contribution is -2.60. The molecule has 1 aliphatic heterocycles. The molecule has 1 aromatic rings. The topological polar surface area (TPSA) is 97.0 Å². The standard InChI is InChI=1S/C21H28BrF2N3O5/c1-21(2,3)32-20(30)25-16(10-12-8-13(17(23)24)11-14(22)9-12)18(28)27-7-5-6-15(26-27)19(29)31-4/h8-9,11,15-17,26H,5-7,10H2,1-4H3,(H,25,30)/t15-,16?/m0/s1. The van der Waals surface area contributed by atoms with Gasteiger partial charge in [-0.15, -0.1) is 0 Å². The van der Waals surface area contributed by atoms with Crippen LogP contribution in [0, 0.1) is 0 Å². The van der Waals surface area contributed by atoms with Crippen LogP contribution in [-0.4, -0.2) is 54.3 Å². The molecule has 1 fully saturated rings. The highest BCUT2D eigenvalue weighted by atomic mass is 79.9. The normalized spacial score (nSPS) is 17.6. The summed E-state index contributed by atoms with van der Waals surface area (Å²) in [5.74, 6) is -1.03. The van der Waals surface area contributed by atoms with Crippen LogP contribution in [0.4, 0.5) is 13.6 Å². The maximum atomic E-state index is 13.2. The van der Waals surface area contributed by atoms with Crippen molar-refractivity contribution < 1.29 is 32.6 Å². The van der Waals surface area contributed by atoms with E-state index in [9.17, 15) is 23.2 Å². The number of benzene rings is 1. The number of nitrogens with zero attached hydrogens (tertiary/aromatic N) is 1. The molecule has 0 spiro atoms. The molecule has 0 aliphatic carbocycles. The van der Waals surface area contributed by atoms with Gasteiger partial charge in [0.2, 0.25) is 0 Å². The lowest BCUT2D eigenvalue weighted by atomic mass is 10.0. The largest absolute Gasteiger partial charge is 0.468 e. The van der Waals surface area contributed by atoms with Crippen LogP contribution in [-0.2, 0) is 25.5 Å². The van der Waals surface area contributed by atoms with Gasteiger partial charge in [-0.1, -0.05) is 15.9 Å². The number of halogens is 3. The Hall–Kier alpha value is -2.27. The van der Waals surface area contributed by atoms with E-state index < -0.39 is 42.1 Å². The Balaban J connectivity index is 2.26. The van der Waals surface area contributed by atoms with E-state index >= 15 is 0 Å². The quantitative estimate of drug-likeness (QED) is 0.558. The molecule has 11 heteroatoms. The number of methoxy groups -OCH3 is 1. The van der Waals surface area contributed by atoms with Crippen molar-refractivity contribution in [2.75, 3.05) is 13.7 Å². The molecule has 32 heavy (non-hydrogen) atoms. The number of rotatable bonds is 6. The van der Waals surface area contributed by atoms with Crippen molar-refractivity contribution in [1.29, 1.82) is 0 Å². The highest BCUT2D eigenvalue weighted by molar-refractivity contribution is 9.10. The summed E-state index contributed by atoms with van der Waals surface area (Å²) in [5.41, 5.74) is 2.24. The average Bonchev–Trinajstić information content (AvgIpc) is 2.70. The summed E-state index contributed by atoms with van der Waals surface area (Å²) >= 11 is 3.20. The molecule has 1 aromatic carbocycles. The van der Waals surface area contributed by atoms with E-state index in [2.05, 4.69) is 26.7 Å². The summed E-state index contributed by atoms with van der Waals surface area (Å²) in [6.45, 7) is 5.35. The number of carbonyl (C=O) groups excluding carboxylic acids is 3. The predicted molar refractivity (Wildman–Crippen MR) is 116 cm³/mol. The first-order valence-electron chi connectivity index (χ1n) is 10.1. The van der Waals surface area contributed by atoms with Gasteiger partial charge < -0.3 is 14.8 Å². The van der Waals surface area contributed by atoms with E-state index in [0.29, 0.717) is 29.4 Å². The molecule has 1 heterocycles. The Morgan fingerprint density at radius 1 is 1.28 bits per heavy atom. The molecule has 0 saturated carbocycles.